The van der Waals surface area contributed by atoms with Crippen molar-refractivity contribution >= 4 is 99.5 Å². The minimum atomic E-state index is -0.276. The largest absolute Gasteiger partial charge is 0.456 e. The average Bonchev–Trinajstić information content (AvgIpc) is 3.83. The van der Waals surface area contributed by atoms with Crippen molar-refractivity contribution in [3.8, 4) is 0 Å². The third kappa shape index (κ3) is 6.81. The predicted molar refractivity (Wildman–Crippen MR) is 263 cm³/mol. The first-order chi connectivity index (χ1) is 30.7. The molecule has 314 valence electrons. The van der Waals surface area contributed by atoms with E-state index in [0.717, 1.165) is 99.5 Å². The Balaban J connectivity index is 1.01. The molecule has 2 aromatic heterocycles. The molecule has 0 bridgehead atoms. The lowest BCUT2D eigenvalue weighted by Crippen LogP contribution is -2.13. The van der Waals surface area contributed by atoms with E-state index in [1.807, 2.05) is 30.3 Å². The third-order valence-corrected chi connectivity index (χ3v) is 12.6. The van der Waals surface area contributed by atoms with Crippen molar-refractivity contribution < 1.29 is 17.6 Å². The van der Waals surface area contributed by atoms with Gasteiger partial charge in [0.1, 0.15) is 34.0 Å². The molecule has 0 saturated carbocycles. The van der Waals surface area contributed by atoms with Gasteiger partial charge in [0.25, 0.3) is 0 Å². The van der Waals surface area contributed by atoms with Gasteiger partial charge in [-0.25, -0.2) is 8.78 Å². The van der Waals surface area contributed by atoms with Gasteiger partial charge >= 0.3 is 0 Å². The molecule has 11 aromatic rings. The van der Waals surface area contributed by atoms with E-state index in [4.69, 9.17) is 8.83 Å². The molecule has 0 atom stereocenters. The fourth-order valence-corrected chi connectivity index (χ4v) is 9.13. The minimum absolute atomic E-state index is 0.0160. The first kappa shape index (κ1) is 39.4. The number of fused-ring (bicyclic) bond motifs is 9. The zero-order valence-electron chi connectivity index (χ0n) is 36.6. The third-order valence-electron chi connectivity index (χ3n) is 12.6. The second-order valence-electron chi connectivity index (χ2n) is 19.0. The SMILES string of the molecule is CC(C)(C)c1ccc(N(c2ccc(F)cc2)c2ccc3cc4c(cc3c2)oc2c4ccc3oc4cc5cc(N(c6ccc(F)cc6)c6ccc(C(C)(C)C)cc6)ccc5cc4c32)cc1. The Morgan fingerprint density at radius 3 is 1.20 bits per heavy atom. The number of hydrogen-bond donors (Lipinski definition) is 0. The molecule has 9 aromatic carbocycles. The zero-order chi connectivity index (χ0) is 44.1. The van der Waals surface area contributed by atoms with Crippen molar-refractivity contribution in [2.24, 2.45) is 0 Å². The second kappa shape index (κ2) is 14.6. The lowest BCUT2D eigenvalue weighted by atomic mass is 9.87. The van der Waals surface area contributed by atoms with Crippen molar-refractivity contribution in [1.82, 2.24) is 0 Å². The fourth-order valence-electron chi connectivity index (χ4n) is 9.13. The number of anilines is 6. The van der Waals surface area contributed by atoms with Gasteiger partial charge in [0, 0.05) is 50.3 Å². The van der Waals surface area contributed by atoms with Crippen molar-refractivity contribution in [2.45, 2.75) is 52.4 Å². The maximum absolute atomic E-state index is 14.2. The van der Waals surface area contributed by atoms with Crippen LogP contribution in [0.25, 0.3) is 65.4 Å². The maximum Gasteiger partial charge on any atom is 0.147 e. The van der Waals surface area contributed by atoms with E-state index in [0.29, 0.717) is 0 Å². The number of benzene rings is 9. The molecular formula is C58H46F2N2O2. The highest BCUT2D eigenvalue weighted by atomic mass is 19.1. The Bertz CT molecular complexity index is 3570. The molecule has 0 spiro atoms. The zero-order valence-corrected chi connectivity index (χ0v) is 36.6. The smallest absolute Gasteiger partial charge is 0.147 e. The summed E-state index contributed by atoms with van der Waals surface area (Å²) in [6.45, 7) is 13.2. The highest BCUT2D eigenvalue weighted by Gasteiger charge is 2.22. The average molecular weight is 841 g/mol. The van der Waals surface area contributed by atoms with Crippen molar-refractivity contribution in [3.63, 3.8) is 0 Å². The summed E-state index contributed by atoms with van der Waals surface area (Å²) >= 11 is 0. The lowest BCUT2D eigenvalue weighted by molar-refractivity contribution is 0.590. The fraction of sp³-hybridized carbons (Fsp3) is 0.138. The van der Waals surface area contributed by atoms with E-state index in [2.05, 4.69) is 167 Å². The Labute approximate surface area is 370 Å². The lowest BCUT2D eigenvalue weighted by Gasteiger charge is -2.27. The quantitative estimate of drug-likeness (QED) is 0.167. The molecule has 0 amide bonds. The van der Waals surface area contributed by atoms with Gasteiger partial charge in [0.2, 0.25) is 0 Å². The number of halogens is 2. The van der Waals surface area contributed by atoms with Gasteiger partial charge in [-0.1, -0.05) is 77.9 Å². The summed E-state index contributed by atoms with van der Waals surface area (Å²) in [5, 5.41) is 8.15. The molecule has 0 aliphatic rings. The van der Waals surface area contributed by atoms with Crippen LogP contribution in [-0.4, -0.2) is 0 Å². The molecule has 4 nitrogen and oxygen atoms in total. The van der Waals surface area contributed by atoms with E-state index in [1.165, 1.54) is 35.4 Å². The molecule has 0 aliphatic heterocycles. The van der Waals surface area contributed by atoms with Crippen LogP contribution in [0.15, 0.2) is 179 Å². The number of furan rings is 2. The molecular weight excluding hydrogens is 795 g/mol. The van der Waals surface area contributed by atoms with Gasteiger partial charge < -0.3 is 18.6 Å². The monoisotopic (exact) mass is 840 g/mol. The van der Waals surface area contributed by atoms with Gasteiger partial charge in [0.05, 0.1) is 5.39 Å². The van der Waals surface area contributed by atoms with Crippen LogP contribution >= 0.6 is 0 Å². The van der Waals surface area contributed by atoms with Gasteiger partial charge in [-0.15, -0.1) is 0 Å². The number of rotatable bonds is 6. The van der Waals surface area contributed by atoms with Crippen LogP contribution in [0.2, 0.25) is 0 Å². The first-order valence-electron chi connectivity index (χ1n) is 21.8. The van der Waals surface area contributed by atoms with Crippen LogP contribution in [-0.2, 0) is 10.8 Å². The molecule has 0 unspecified atom stereocenters. The Morgan fingerprint density at radius 1 is 0.344 bits per heavy atom. The second-order valence-corrected chi connectivity index (χ2v) is 19.0. The molecule has 0 fully saturated rings. The van der Waals surface area contributed by atoms with Crippen LogP contribution < -0.4 is 9.80 Å². The normalized spacial score (nSPS) is 12.4. The highest BCUT2D eigenvalue weighted by Crippen LogP contribution is 2.44. The van der Waals surface area contributed by atoms with Crippen molar-refractivity contribution in [1.29, 1.82) is 0 Å². The molecule has 0 aliphatic carbocycles. The minimum Gasteiger partial charge on any atom is -0.456 e. The summed E-state index contributed by atoms with van der Waals surface area (Å²) in [6, 6.07) is 56.1. The molecule has 64 heavy (non-hydrogen) atoms. The Morgan fingerprint density at radius 2 is 0.750 bits per heavy atom. The summed E-state index contributed by atoms with van der Waals surface area (Å²) in [6.07, 6.45) is 0. The van der Waals surface area contributed by atoms with Crippen molar-refractivity contribution in [2.75, 3.05) is 9.80 Å². The molecule has 0 radical (unpaired) electrons. The van der Waals surface area contributed by atoms with E-state index in [-0.39, 0.29) is 22.5 Å². The number of hydrogen-bond acceptors (Lipinski definition) is 4. The molecule has 2 heterocycles. The van der Waals surface area contributed by atoms with E-state index >= 15 is 0 Å². The molecule has 0 saturated heterocycles. The van der Waals surface area contributed by atoms with Crippen LogP contribution in [0, 0.1) is 11.6 Å². The van der Waals surface area contributed by atoms with Crippen LogP contribution in [0.5, 0.6) is 0 Å². The Hall–Kier alpha value is -7.44. The molecule has 11 rings (SSSR count). The summed E-state index contributed by atoms with van der Waals surface area (Å²) in [7, 11) is 0. The standard InChI is InChI=1S/C58H46F2N2O2/c1-57(2,3)39-9-19-43(20-10-39)61(45-23-13-41(59)14-24-45)47-17-7-35-31-50-49-27-28-52-55(56(49)64-53(50)33-37(35)29-47)51-32-36-8-18-48(30-38(36)34-54(51)63-52)62(46-25-15-42(60)16-26-46)44-21-11-40(12-22-44)58(4,5)6/h7-34H,1-6H3. The van der Waals surface area contributed by atoms with Crippen LogP contribution in [0.4, 0.5) is 42.9 Å². The highest BCUT2D eigenvalue weighted by molar-refractivity contribution is 6.24. The summed E-state index contributed by atoms with van der Waals surface area (Å²) < 4.78 is 41.7. The summed E-state index contributed by atoms with van der Waals surface area (Å²) in [5.74, 6) is -0.551. The van der Waals surface area contributed by atoms with Gasteiger partial charge in [-0.2, -0.15) is 0 Å². The number of nitrogens with zero attached hydrogens (tertiary/aromatic N) is 2. The summed E-state index contributed by atoms with van der Waals surface area (Å²) in [4.78, 5) is 4.32. The van der Waals surface area contributed by atoms with Gasteiger partial charge in [0.15, 0.2) is 0 Å². The predicted octanol–water partition coefficient (Wildman–Crippen LogP) is 17.6. The van der Waals surface area contributed by atoms with Crippen LogP contribution in [0.1, 0.15) is 52.7 Å². The molecule has 6 heteroatoms. The van der Waals surface area contributed by atoms with Gasteiger partial charge in [-0.05, 0) is 177 Å². The van der Waals surface area contributed by atoms with Crippen LogP contribution in [0.3, 0.4) is 0 Å². The molecule has 0 N–H and O–H groups in total. The van der Waals surface area contributed by atoms with E-state index in [9.17, 15) is 8.78 Å². The van der Waals surface area contributed by atoms with Gasteiger partial charge in [-0.3, -0.25) is 0 Å². The Kier molecular flexibility index (Phi) is 8.97. The van der Waals surface area contributed by atoms with E-state index in [1.54, 1.807) is 0 Å². The van der Waals surface area contributed by atoms with E-state index < -0.39 is 0 Å². The summed E-state index contributed by atoms with van der Waals surface area (Å²) in [5.41, 5.74) is 11.2. The topological polar surface area (TPSA) is 32.8 Å². The van der Waals surface area contributed by atoms with Crippen molar-refractivity contribution in [3.05, 3.63) is 193 Å². The maximum atomic E-state index is 14.2. The first-order valence-corrected chi connectivity index (χ1v) is 21.8.